The van der Waals surface area contributed by atoms with Crippen LogP contribution in [-0.4, -0.2) is 39.0 Å². The number of rotatable bonds is 8. The smallest absolute Gasteiger partial charge is 0.240 e. The summed E-state index contributed by atoms with van der Waals surface area (Å²) >= 11 is 3.48. The summed E-state index contributed by atoms with van der Waals surface area (Å²) in [5.41, 5.74) is 1.95. The number of nitrogens with zero attached hydrogens (tertiary/aromatic N) is 2. The van der Waals surface area contributed by atoms with Crippen LogP contribution < -0.4 is 14.2 Å². The Balaban J connectivity index is 1.98. The highest BCUT2D eigenvalue weighted by atomic mass is 79.9. The number of aryl methyl sites for hydroxylation is 2. The molecular formula is C16H22BrN3O4S. The molecule has 0 aliphatic carbocycles. The van der Waals surface area contributed by atoms with Gasteiger partial charge in [0.2, 0.25) is 10.0 Å². The van der Waals surface area contributed by atoms with Crippen molar-refractivity contribution in [3.05, 3.63) is 34.1 Å². The summed E-state index contributed by atoms with van der Waals surface area (Å²) in [6.07, 6.45) is 0.626. The van der Waals surface area contributed by atoms with Crippen LogP contribution in [0, 0.1) is 13.8 Å². The molecule has 138 valence electrons. The van der Waals surface area contributed by atoms with Crippen molar-refractivity contribution in [2.24, 2.45) is 0 Å². The maximum absolute atomic E-state index is 12.4. The van der Waals surface area contributed by atoms with Crippen molar-refractivity contribution in [1.82, 2.24) is 14.5 Å². The second kappa shape index (κ2) is 8.20. The first-order chi connectivity index (χ1) is 11.8. The van der Waals surface area contributed by atoms with Gasteiger partial charge in [-0.3, -0.25) is 4.68 Å². The molecule has 9 heteroatoms. The minimum absolute atomic E-state index is 0.138. The number of benzene rings is 1. The molecule has 1 heterocycles. The monoisotopic (exact) mass is 431 g/mol. The van der Waals surface area contributed by atoms with Crippen LogP contribution in [0.3, 0.4) is 0 Å². The van der Waals surface area contributed by atoms with Crippen molar-refractivity contribution in [3.8, 4) is 11.5 Å². The average molecular weight is 432 g/mol. The molecule has 2 aromatic rings. The van der Waals surface area contributed by atoms with Crippen LogP contribution in [0.15, 0.2) is 27.6 Å². The second-order valence-electron chi connectivity index (χ2n) is 5.48. The fourth-order valence-corrected chi connectivity index (χ4v) is 3.77. The maximum atomic E-state index is 12.4. The van der Waals surface area contributed by atoms with E-state index in [4.69, 9.17) is 9.47 Å². The van der Waals surface area contributed by atoms with Crippen molar-refractivity contribution in [3.63, 3.8) is 0 Å². The van der Waals surface area contributed by atoms with Crippen LogP contribution in [0.5, 0.6) is 11.5 Å². The average Bonchev–Trinajstić information content (AvgIpc) is 2.85. The third-order valence-corrected chi connectivity index (χ3v) is 6.40. The van der Waals surface area contributed by atoms with Gasteiger partial charge < -0.3 is 9.47 Å². The first kappa shape index (κ1) is 19.7. The van der Waals surface area contributed by atoms with Crippen LogP contribution in [0.4, 0.5) is 0 Å². The van der Waals surface area contributed by atoms with E-state index in [-0.39, 0.29) is 4.90 Å². The van der Waals surface area contributed by atoms with E-state index in [0.717, 1.165) is 15.9 Å². The number of hydrogen-bond donors (Lipinski definition) is 1. The summed E-state index contributed by atoms with van der Waals surface area (Å²) in [6, 6.07) is 4.50. The lowest BCUT2D eigenvalue weighted by molar-refractivity contribution is 0.354. The minimum atomic E-state index is -3.61. The zero-order valence-corrected chi connectivity index (χ0v) is 17.1. The van der Waals surface area contributed by atoms with E-state index in [9.17, 15) is 8.42 Å². The molecule has 0 fully saturated rings. The molecule has 2 rings (SSSR count). The van der Waals surface area contributed by atoms with Gasteiger partial charge in [-0.25, -0.2) is 13.1 Å². The van der Waals surface area contributed by atoms with Gasteiger partial charge in [0, 0.05) is 24.8 Å². The SMILES string of the molecule is COc1ccc(S(=O)(=O)NCCCn2nc(C)c(Br)c2C)cc1OC. The number of methoxy groups -OCH3 is 2. The minimum Gasteiger partial charge on any atom is -0.493 e. The second-order valence-corrected chi connectivity index (χ2v) is 8.04. The lowest BCUT2D eigenvalue weighted by Crippen LogP contribution is -2.25. The zero-order valence-electron chi connectivity index (χ0n) is 14.7. The highest BCUT2D eigenvalue weighted by Crippen LogP contribution is 2.29. The Bertz CT molecular complexity index is 849. The first-order valence-corrected chi connectivity index (χ1v) is 9.99. The Hall–Kier alpha value is -1.58. The van der Waals surface area contributed by atoms with Crippen LogP contribution >= 0.6 is 15.9 Å². The molecule has 0 aliphatic rings. The Morgan fingerprint density at radius 3 is 2.44 bits per heavy atom. The summed E-state index contributed by atoms with van der Waals surface area (Å²) in [6.45, 7) is 4.84. The highest BCUT2D eigenvalue weighted by molar-refractivity contribution is 9.10. The molecule has 0 amide bonds. The normalized spacial score (nSPS) is 11.6. The van der Waals surface area contributed by atoms with Crippen molar-refractivity contribution in [1.29, 1.82) is 0 Å². The largest absolute Gasteiger partial charge is 0.493 e. The Morgan fingerprint density at radius 1 is 1.20 bits per heavy atom. The molecule has 0 atom stereocenters. The standard InChI is InChI=1S/C16H22BrN3O4S/c1-11-16(17)12(2)20(19-11)9-5-8-18-25(21,22)13-6-7-14(23-3)15(10-13)24-4/h6-7,10,18H,5,8-9H2,1-4H3. The molecule has 25 heavy (non-hydrogen) atoms. The lowest BCUT2D eigenvalue weighted by atomic mass is 10.3. The third kappa shape index (κ3) is 4.53. The van der Waals surface area contributed by atoms with E-state index in [2.05, 4.69) is 25.8 Å². The molecule has 0 spiro atoms. The Labute approximate surface area is 156 Å². The number of ether oxygens (including phenoxy) is 2. The highest BCUT2D eigenvalue weighted by Gasteiger charge is 2.16. The molecular weight excluding hydrogens is 410 g/mol. The molecule has 1 aromatic heterocycles. The summed E-state index contributed by atoms with van der Waals surface area (Å²) in [7, 11) is -0.642. The maximum Gasteiger partial charge on any atom is 0.240 e. The summed E-state index contributed by atoms with van der Waals surface area (Å²) in [5.74, 6) is 0.856. The topological polar surface area (TPSA) is 82.5 Å². The van der Waals surface area contributed by atoms with E-state index in [1.165, 1.54) is 26.4 Å². The van der Waals surface area contributed by atoms with Crippen LogP contribution in [0.2, 0.25) is 0 Å². The van der Waals surface area contributed by atoms with Gasteiger partial charge in [-0.15, -0.1) is 0 Å². The third-order valence-electron chi connectivity index (χ3n) is 3.80. The van der Waals surface area contributed by atoms with Gasteiger partial charge in [-0.2, -0.15) is 5.10 Å². The fraction of sp³-hybridized carbons (Fsp3) is 0.438. The molecule has 7 nitrogen and oxygen atoms in total. The van der Waals surface area contributed by atoms with Crippen molar-refractivity contribution < 1.29 is 17.9 Å². The van der Waals surface area contributed by atoms with Gasteiger partial charge in [0.1, 0.15) is 0 Å². The quantitative estimate of drug-likeness (QED) is 0.649. The number of halogens is 1. The van der Waals surface area contributed by atoms with Crippen LogP contribution in [0.25, 0.3) is 0 Å². The van der Waals surface area contributed by atoms with E-state index in [1.54, 1.807) is 6.07 Å². The molecule has 0 saturated carbocycles. The van der Waals surface area contributed by atoms with Gasteiger partial charge >= 0.3 is 0 Å². The van der Waals surface area contributed by atoms with Gasteiger partial charge in [0.25, 0.3) is 0 Å². The van der Waals surface area contributed by atoms with Crippen LogP contribution in [0.1, 0.15) is 17.8 Å². The van der Waals surface area contributed by atoms with Crippen LogP contribution in [-0.2, 0) is 16.6 Å². The number of sulfonamides is 1. The summed E-state index contributed by atoms with van der Waals surface area (Å²) in [5, 5.41) is 4.41. The van der Waals surface area contributed by atoms with Gasteiger partial charge in [0.15, 0.2) is 11.5 Å². The molecule has 0 bridgehead atoms. The fourth-order valence-electron chi connectivity index (χ4n) is 2.40. The Morgan fingerprint density at radius 2 is 1.88 bits per heavy atom. The number of hydrogen-bond acceptors (Lipinski definition) is 5. The summed E-state index contributed by atoms with van der Waals surface area (Å²) in [4.78, 5) is 0.138. The van der Waals surface area contributed by atoms with Gasteiger partial charge in [0.05, 0.1) is 29.3 Å². The summed E-state index contributed by atoms with van der Waals surface area (Å²) < 4.78 is 40.5. The van der Waals surface area contributed by atoms with Crippen molar-refractivity contribution in [2.75, 3.05) is 20.8 Å². The van der Waals surface area contributed by atoms with Crippen molar-refractivity contribution >= 4 is 26.0 Å². The predicted octanol–water partition coefficient (Wildman–Crippen LogP) is 2.65. The lowest BCUT2D eigenvalue weighted by Gasteiger charge is -2.11. The molecule has 0 saturated heterocycles. The van der Waals surface area contributed by atoms with E-state index < -0.39 is 10.0 Å². The molecule has 0 unspecified atom stereocenters. The van der Waals surface area contributed by atoms with E-state index in [1.807, 2.05) is 18.5 Å². The number of nitrogens with one attached hydrogen (secondary N) is 1. The number of aromatic nitrogens is 2. The molecule has 1 aromatic carbocycles. The predicted molar refractivity (Wildman–Crippen MR) is 98.8 cm³/mol. The molecule has 0 aliphatic heterocycles. The van der Waals surface area contributed by atoms with Gasteiger partial charge in [-0.1, -0.05) is 0 Å². The molecule has 1 N–H and O–H groups in total. The first-order valence-electron chi connectivity index (χ1n) is 7.71. The van der Waals surface area contributed by atoms with Crippen molar-refractivity contribution in [2.45, 2.75) is 31.7 Å². The Kier molecular flexibility index (Phi) is 6.47. The molecule has 0 radical (unpaired) electrons. The van der Waals surface area contributed by atoms with E-state index >= 15 is 0 Å². The van der Waals surface area contributed by atoms with E-state index in [0.29, 0.717) is 31.0 Å². The van der Waals surface area contributed by atoms with Gasteiger partial charge in [-0.05, 0) is 48.3 Å². The zero-order chi connectivity index (χ0) is 18.6.